The number of rotatable bonds is 3. The zero-order chi connectivity index (χ0) is 14.8. The third-order valence-corrected chi connectivity index (χ3v) is 3.49. The summed E-state index contributed by atoms with van der Waals surface area (Å²) in [6, 6.07) is 0.931. The molecule has 1 aliphatic heterocycles. The first-order chi connectivity index (χ1) is 9.41. The first-order valence-corrected chi connectivity index (χ1v) is 6.60. The predicted octanol–water partition coefficient (Wildman–Crippen LogP) is 3.06. The van der Waals surface area contributed by atoms with Crippen molar-refractivity contribution in [3.63, 3.8) is 0 Å². The highest BCUT2D eigenvalue weighted by Gasteiger charge is 2.32. The maximum absolute atomic E-state index is 12.5. The van der Waals surface area contributed by atoms with Crippen LogP contribution in [-0.2, 0) is 6.18 Å². The molecule has 0 aromatic carbocycles. The molecule has 0 bridgehead atoms. The molecule has 2 rings (SSSR count). The molecule has 1 aromatic heterocycles. The van der Waals surface area contributed by atoms with E-state index in [2.05, 4.69) is 16.5 Å². The molecule has 0 spiro atoms. The predicted molar refractivity (Wildman–Crippen MR) is 73.1 cm³/mol. The second-order valence-corrected chi connectivity index (χ2v) is 5.01. The maximum Gasteiger partial charge on any atom is 0.417 e. The van der Waals surface area contributed by atoms with E-state index in [0.717, 1.165) is 31.9 Å². The molecule has 0 aliphatic carbocycles. The van der Waals surface area contributed by atoms with Crippen molar-refractivity contribution in [1.29, 1.82) is 0 Å². The number of hydrogen-bond donors (Lipinski definition) is 0. The Morgan fingerprint density at radius 1 is 1.30 bits per heavy atom. The molecule has 1 saturated heterocycles. The molecule has 0 amide bonds. The van der Waals surface area contributed by atoms with Crippen LogP contribution in [0.3, 0.4) is 0 Å². The molecule has 0 N–H and O–H groups in total. The van der Waals surface area contributed by atoms with Gasteiger partial charge in [-0.2, -0.15) is 13.2 Å². The lowest BCUT2D eigenvalue weighted by Gasteiger charge is -2.35. The van der Waals surface area contributed by atoms with Gasteiger partial charge in [-0.05, 0) is 6.07 Å². The molecule has 3 nitrogen and oxygen atoms in total. The summed E-state index contributed by atoms with van der Waals surface area (Å²) in [7, 11) is 0. The van der Waals surface area contributed by atoms with Gasteiger partial charge >= 0.3 is 6.18 Å². The Hall–Kier alpha value is -1.27. The molecule has 0 radical (unpaired) electrons. The highest BCUT2D eigenvalue weighted by Crippen LogP contribution is 2.33. The van der Waals surface area contributed by atoms with E-state index in [9.17, 15) is 13.2 Å². The number of hydrogen-bond acceptors (Lipinski definition) is 3. The van der Waals surface area contributed by atoms with Crippen molar-refractivity contribution < 1.29 is 13.2 Å². The van der Waals surface area contributed by atoms with Crippen molar-refractivity contribution >= 4 is 17.4 Å². The Labute approximate surface area is 120 Å². The van der Waals surface area contributed by atoms with E-state index in [1.165, 1.54) is 0 Å². The van der Waals surface area contributed by atoms with Crippen molar-refractivity contribution in [1.82, 2.24) is 9.88 Å². The first kappa shape index (κ1) is 15.1. The average molecular weight is 306 g/mol. The number of aromatic nitrogens is 1. The van der Waals surface area contributed by atoms with Gasteiger partial charge in [0, 0.05) is 38.9 Å². The lowest BCUT2D eigenvalue weighted by molar-refractivity contribution is -0.137. The van der Waals surface area contributed by atoms with E-state index in [-0.39, 0.29) is 5.02 Å². The molecule has 20 heavy (non-hydrogen) atoms. The van der Waals surface area contributed by atoms with Gasteiger partial charge in [-0.3, -0.25) is 4.90 Å². The minimum atomic E-state index is -4.42. The molecule has 1 fully saturated rings. The van der Waals surface area contributed by atoms with Crippen molar-refractivity contribution in [2.75, 3.05) is 37.6 Å². The van der Waals surface area contributed by atoms with Gasteiger partial charge in [-0.1, -0.05) is 17.7 Å². The van der Waals surface area contributed by atoms with E-state index in [0.29, 0.717) is 18.9 Å². The van der Waals surface area contributed by atoms with Crippen LogP contribution in [0.2, 0.25) is 5.02 Å². The Bertz CT molecular complexity index is 482. The van der Waals surface area contributed by atoms with Crippen LogP contribution < -0.4 is 4.90 Å². The SMILES string of the molecule is C=CCN1CCN(c2ncc(C(F)(F)F)cc2Cl)CC1. The van der Waals surface area contributed by atoms with E-state index in [1.807, 2.05) is 11.0 Å². The fraction of sp³-hybridized carbons (Fsp3) is 0.462. The van der Waals surface area contributed by atoms with Gasteiger partial charge in [0.05, 0.1) is 10.6 Å². The number of pyridine rings is 1. The first-order valence-electron chi connectivity index (χ1n) is 6.23. The molecule has 1 aromatic rings. The van der Waals surface area contributed by atoms with Gasteiger partial charge in [0.15, 0.2) is 0 Å². The number of anilines is 1. The lowest BCUT2D eigenvalue weighted by Crippen LogP contribution is -2.46. The molecule has 0 unspecified atom stereocenters. The van der Waals surface area contributed by atoms with Crippen molar-refractivity contribution in [3.05, 3.63) is 35.5 Å². The Morgan fingerprint density at radius 3 is 2.45 bits per heavy atom. The molecule has 7 heteroatoms. The summed E-state index contributed by atoms with van der Waals surface area (Å²) in [4.78, 5) is 7.99. The van der Waals surface area contributed by atoms with Gasteiger partial charge in [0.1, 0.15) is 5.82 Å². The molecular weight excluding hydrogens is 291 g/mol. The molecular formula is C13H15ClF3N3. The highest BCUT2D eigenvalue weighted by molar-refractivity contribution is 6.33. The Balaban J connectivity index is 2.09. The fourth-order valence-corrected chi connectivity index (χ4v) is 2.43. The van der Waals surface area contributed by atoms with Crippen LogP contribution in [0, 0.1) is 0 Å². The summed E-state index contributed by atoms with van der Waals surface area (Å²) in [5.74, 6) is 0.415. The van der Waals surface area contributed by atoms with Gasteiger partial charge < -0.3 is 4.90 Å². The van der Waals surface area contributed by atoms with Crippen LogP contribution in [0.4, 0.5) is 19.0 Å². The summed E-state index contributed by atoms with van der Waals surface area (Å²) in [5, 5.41) is 0.0389. The second kappa shape index (κ2) is 6.01. The number of alkyl halides is 3. The maximum atomic E-state index is 12.5. The monoisotopic (exact) mass is 305 g/mol. The Morgan fingerprint density at radius 2 is 1.95 bits per heavy atom. The second-order valence-electron chi connectivity index (χ2n) is 4.60. The summed E-state index contributed by atoms with van der Waals surface area (Å²) < 4.78 is 37.6. The third kappa shape index (κ3) is 3.43. The summed E-state index contributed by atoms with van der Waals surface area (Å²) >= 11 is 5.93. The average Bonchev–Trinajstić information content (AvgIpc) is 2.39. The molecule has 0 saturated carbocycles. The lowest BCUT2D eigenvalue weighted by atomic mass is 10.2. The third-order valence-electron chi connectivity index (χ3n) is 3.21. The standard InChI is InChI=1S/C13H15ClF3N3/c1-2-3-19-4-6-20(7-5-19)12-11(14)8-10(9-18-12)13(15,16)17/h2,8-9H,1,3-7H2. The van der Waals surface area contributed by atoms with Crippen molar-refractivity contribution in [2.24, 2.45) is 0 Å². The van der Waals surface area contributed by atoms with Crippen LogP contribution in [-0.4, -0.2) is 42.6 Å². The van der Waals surface area contributed by atoms with E-state index < -0.39 is 11.7 Å². The molecule has 1 aliphatic rings. The molecule has 2 heterocycles. The molecule has 110 valence electrons. The van der Waals surface area contributed by atoms with Crippen LogP contribution in [0.5, 0.6) is 0 Å². The van der Waals surface area contributed by atoms with Crippen LogP contribution in [0.1, 0.15) is 5.56 Å². The number of halogens is 4. The Kier molecular flexibility index (Phi) is 4.55. The van der Waals surface area contributed by atoms with Gasteiger partial charge in [-0.25, -0.2) is 4.98 Å². The summed E-state index contributed by atoms with van der Waals surface area (Å²) in [5.41, 5.74) is -0.823. The van der Waals surface area contributed by atoms with Crippen LogP contribution >= 0.6 is 11.6 Å². The van der Waals surface area contributed by atoms with Gasteiger partial charge in [-0.15, -0.1) is 6.58 Å². The summed E-state index contributed by atoms with van der Waals surface area (Å²) in [6.45, 7) is 7.49. The highest BCUT2D eigenvalue weighted by atomic mass is 35.5. The number of nitrogens with zero attached hydrogens (tertiary/aromatic N) is 3. The van der Waals surface area contributed by atoms with Crippen molar-refractivity contribution in [2.45, 2.75) is 6.18 Å². The van der Waals surface area contributed by atoms with Crippen LogP contribution in [0.25, 0.3) is 0 Å². The normalized spacial score (nSPS) is 17.3. The molecule has 0 atom stereocenters. The van der Waals surface area contributed by atoms with E-state index >= 15 is 0 Å². The largest absolute Gasteiger partial charge is 0.417 e. The van der Waals surface area contributed by atoms with E-state index in [1.54, 1.807) is 0 Å². The van der Waals surface area contributed by atoms with Crippen molar-refractivity contribution in [3.8, 4) is 0 Å². The summed E-state index contributed by atoms with van der Waals surface area (Å²) in [6.07, 6.45) is -1.76. The number of piperazine rings is 1. The van der Waals surface area contributed by atoms with E-state index in [4.69, 9.17) is 11.6 Å². The quantitative estimate of drug-likeness (QED) is 0.800. The zero-order valence-electron chi connectivity index (χ0n) is 10.8. The minimum Gasteiger partial charge on any atom is -0.353 e. The van der Waals surface area contributed by atoms with Gasteiger partial charge in [0.2, 0.25) is 0 Å². The zero-order valence-corrected chi connectivity index (χ0v) is 11.6. The smallest absolute Gasteiger partial charge is 0.353 e. The van der Waals surface area contributed by atoms with Gasteiger partial charge in [0.25, 0.3) is 0 Å². The van der Waals surface area contributed by atoms with Crippen LogP contribution in [0.15, 0.2) is 24.9 Å². The topological polar surface area (TPSA) is 19.4 Å². The minimum absolute atomic E-state index is 0.0389. The fourth-order valence-electron chi connectivity index (χ4n) is 2.14.